The summed E-state index contributed by atoms with van der Waals surface area (Å²) in [6.45, 7) is 9.15. The molecule has 0 saturated heterocycles. The largest absolute Gasteiger partial charge is 0.341 e. The van der Waals surface area contributed by atoms with E-state index in [1.54, 1.807) is 12.4 Å². The second-order valence-corrected chi connectivity index (χ2v) is 5.77. The number of aromatic nitrogens is 4. The van der Waals surface area contributed by atoms with Gasteiger partial charge in [-0.15, -0.1) is 0 Å². The smallest absolute Gasteiger partial charge is 0.103 e. The minimum absolute atomic E-state index is 0.771. The van der Waals surface area contributed by atoms with Crippen molar-refractivity contribution >= 4 is 12.4 Å². The molecule has 0 atom stereocenters. The van der Waals surface area contributed by atoms with Gasteiger partial charge < -0.3 is 20.6 Å². The van der Waals surface area contributed by atoms with Crippen molar-refractivity contribution in [2.24, 2.45) is 9.98 Å². The molecule has 0 amide bonds. The van der Waals surface area contributed by atoms with Crippen LogP contribution >= 0.6 is 0 Å². The standard InChI is InChI=1S/C17H28N8/c1-14-22-12-16(24-14)10-20-8-6-18-4-3-5-19-7-9-21-11-17-13-23-15(2)25-17/h10-13,18-19H,3-9H2,1-2H3,(H,22,24)(H,23,25). The van der Waals surface area contributed by atoms with Gasteiger partial charge in [-0.3, -0.25) is 9.98 Å². The topological polar surface area (TPSA) is 106 Å². The molecule has 0 aromatic carbocycles. The number of hydrogen-bond donors (Lipinski definition) is 4. The van der Waals surface area contributed by atoms with Gasteiger partial charge in [-0.05, 0) is 33.4 Å². The van der Waals surface area contributed by atoms with E-state index < -0.39 is 0 Å². The van der Waals surface area contributed by atoms with Crippen molar-refractivity contribution in [3.05, 3.63) is 35.4 Å². The zero-order valence-electron chi connectivity index (χ0n) is 15.0. The lowest BCUT2D eigenvalue weighted by Crippen LogP contribution is -2.25. The third-order valence-corrected chi connectivity index (χ3v) is 3.45. The molecule has 0 bridgehead atoms. The number of aliphatic imine (C=N–C) groups is 2. The summed E-state index contributed by atoms with van der Waals surface area (Å²) in [5.41, 5.74) is 1.90. The maximum absolute atomic E-state index is 4.35. The second kappa shape index (κ2) is 11.3. The van der Waals surface area contributed by atoms with Crippen LogP contribution in [0.25, 0.3) is 0 Å². The molecule has 0 fully saturated rings. The number of aromatic amines is 2. The molecule has 2 rings (SSSR count). The maximum Gasteiger partial charge on any atom is 0.103 e. The maximum atomic E-state index is 4.35. The molecule has 0 unspecified atom stereocenters. The zero-order chi connectivity index (χ0) is 17.7. The molecule has 2 heterocycles. The molecular weight excluding hydrogens is 316 g/mol. The Morgan fingerprint density at radius 3 is 1.72 bits per heavy atom. The zero-order valence-corrected chi connectivity index (χ0v) is 15.0. The molecule has 4 N–H and O–H groups in total. The number of aryl methyl sites for hydroxylation is 2. The van der Waals surface area contributed by atoms with Gasteiger partial charge in [0.1, 0.15) is 11.6 Å². The Bertz CT molecular complexity index is 599. The molecule has 136 valence electrons. The van der Waals surface area contributed by atoms with Crippen molar-refractivity contribution in [1.29, 1.82) is 0 Å². The molecule has 0 aliphatic rings. The second-order valence-electron chi connectivity index (χ2n) is 5.77. The first-order valence-electron chi connectivity index (χ1n) is 8.68. The van der Waals surface area contributed by atoms with Gasteiger partial charge in [0, 0.05) is 25.5 Å². The molecule has 25 heavy (non-hydrogen) atoms. The lowest BCUT2D eigenvalue weighted by atomic mass is 10.4. The Labute approximate surface area is 148 Å². The van der Waals surface area contributed by atoms with Gasteiger partial charge in [-0.2, -0.15) is 0 Å². The first-order chi connectivity index (χ1) is 12.2. The van der Waals surface area contributed by atoms with Gasteiger partial charge in [0.15, 0.2) is 0 Å². The summed E-state index contributed by atoms with van der Waals surface area (Å²) in [6.07, 6.45) is 8.33. The van der Waals surface area contributed by atoms with Gasteiger partial charge in [0.05, 0.1) is 36.9 Å². The van der Waals surface area contributed by atoms with E-state index in [1.807, 2.05) is 26.3 Å². The van der Waals surface area contributed by atoms with Gasteiger partial charge in [0.2, 0.25) is 0 Å². The van der Waals surface area contributed by atoms with E-state index >= 15 is 0 Å². The van der Waals surface area contributed by atoms with E-state index in [2.05, 4.69) is 40.6 Å². The number of hydrogen-bond acceptors (Lipinski definition) is 6. The third kappa shape index (κ3) is 8.37. The van der Waals surface area contributed by atoms with E-state index in [0.29, 0.717) is 0 Å². The number of rotatable bonds is 12. The molecule has 2 aromatic heterocycles. The minimum atomic E-state index is 0.771. The van der Waals surface area contributed by atoms with Crippen LogP contribution in [-0.4, -0.2) is 71.6 Å². The Kier molecular flexibility index (Phi) is 8.57. The lowest BCUT2D eigenvalue weighted by Gasteiger charge is -2.04. The van der Waals surface area contributed by atoms with Gasteiger partial charge in [0.25, 0.3) is 0 Å². The molecule has 2 aromatic rings. The van der Waals surface area contributed by atoms with Gasteiger partial charge in [-0.25, -0.2) is 9.97 Å². The fourth-order valence-electron chi connectivity index (χ4n) is 2.21. The molecule has 8 nitrogen and oxygen atoms in total. The van der Waals surface area contributed by atoms with Crippen molar-refractivity contribution in [2.45, 2.75) is 20.3 Å². The number of imidazole rings is 2. The molecule has 0 saturated carbocycles. The summed E-state index contributed by atoms with van der Waals surface area (Å²) in [7, 11) is 0. The van der Waals surface area contributed by atoms with Crippen LogP contribution in [0.5, 0.6) is 0 Å². The lowest BCUT2D eigenvalue weighted by molar-refractivity contribution is 0.603. The molecular formula is C17H28N8. The highest BCUT2D eigenvalue weighted by Crippen LogP contribution is 1.91. The Balaban J connectivity index is 1.37. The highest BCUT2D eigenvalue weighted by molar-refractivity contribution is 5.76. The summed E-state index contributed by atoms with van der Waals surface area (Å²) >= 11 is 0. The SMILES string of the molecule is Cc1ncc(C=NCCNCCCNCCN=Cc2cnc(C)[nH]2)[nH]1. The summed E-state index contributed by atoms with van der Waals surface area (Å²) in [5, 5.41) is 6.76. The number of nitrogens with one attached hydrogen (secondary N) is 4. The van der Waals surface area contributed by atoms with Crippen molar-refractivity contribution in [3.8, 4) is 0 Å². The predicted molar refractivity (Wildman–Crippen MR) is 102 cm³/mol. The fourth-order valence-corrected chi connectivity index (χ4v) is 2.21. The van der Waals surface area contributed by atoms with Gasteiger partial charge in [-0.1, -0.05) is 0 Å². The highest BCUT2D eigenvalue weighted by atomic mass is 14.9. The first-order valence-corrected chi connectivity index (χ1v) is 8.68. The normalized spacial score (nSPS) is 11.9. The minimum Gasteiger partial charge on any atom is -0.341 e. The van der Waals surface area contributed by atoms with Crippen LogP contribution < -0.4 is 10.6 Å². The Morgan fingerprint density at radius 1 is 0.840 bits per heavy atom. The van der Waals surface area contributed by atoms with Crippen LogP contribution in [0.2, 0.25) is 0 Å². The van der Waals surface area contributed by atoms with E-state index in [-0.39, 0.29) is 0 Å². The van der Waals surface area contributed by atoms with Crippen LogP contribution in [0.4, 0.5) is 0 Å². The van der Waals surface area contributed by atoms with Crippen LogP contribution in [0.1, 0.15) is 29.5 Å². The van der Waals surface area contributed by atoms with Crippen molar-refractivity contribution in [3.63, 3.8) is 0 Å². The van der Waals surface area contributed by atoms with Crippen LogP contribution in [0.3, 0.4) is 0 Å². The average molecular weight is 344 g/mol. The third-order valence-electron chi connectivity index (χ3n) is 3.45. The van der Waals surface area contributed by atoms with E-state index in [0.717, 1.165) is 68.7 Å². The van der Waals surface area contributed by atoms with E-state index in [4.69, 9.17) is 0 Å². The quantitative estimate of drug-likeness (QED) is 0.338. The molecule has 0 radical (unpaired) electrons. The summed E-state index contributed by atoms with van der Waals surface area (Å²) in [6, 6.07) is 0. The Morgan fingerprint density at radius 2 is 1.32 bits per heavy atom. The van der Waals surface area contributed by atoms with Crippen LogP contribution in [-0.2, 0) is 0 Å². The number of nitrogens with zero attached hydrogens (tertiary/aromatic N) is 4. The fraction of sp³-hybridized carbons (Fsp3) is 0.529. The summed E-state index contributed by atoms with van der Waals surface area (Å²) < 4.78 is 0. The van der Waals surface area contributed by atoms with Crippen molar-refractivity contribution in [1.82, 2.24) is 30.6 Å². The van der Waals surface area contributed by atoms with E-state index in [1.165, 1.54) is 0 Å². The van der Waals surface area contributed by atoms with Gasteiger partial charge >= 0.3 is 0 Å². The van der Waals surface area contributed by atoms with Crippen LogP contribution in [0.15, 0.2) is 22.4 Å². The first kappa shape index (κ1) is 19.0. The average Bonchev–Trinajstić information content (AvgIpc) is 3.20. The van der Waals surface area contributed by atoms with Crippen molar-refractivity contribution in [2.75, 3.05) is 39.3 Å². The molecule has 0 aliphatic heterocycles. The molecule has 0 aliphatic carbocycles. The van der Waals surface area contributed by atoms with Crippen LogP contribution in [0, 0.1) is 13.8 Å². The Hall–Kier alpha value is -2.32. The molecule has 0 spiro atoms. The predicted octanol–water partition coefficient (Wildman–Crippen LogP) is 0.857. The summed E-state index contributed by atoms with van der Waals surface area (Å²) in [5.74, 6) is 1.82. The van der Waals surface area contributed by atoms with Crippen molar-refractivity contribution < 1.29 is 0 Å². The monoisotopic (exact) mass is 344 g/mol. The highest BCUT2D eigenvalue weighted by Gasteiger charge is 1.93. The summed E-state index contributed by atoms with van der Waals surface area (Å²) in [4.78, 5) is 23.2. The number of H-pyrrole nitrogens is 2. The van der Waals surface area contributed by atoms with E-state index in [9.17, 15) is 0 Å². The molecule has 8 heteroatoms.